The molecular weight excluding hydrogens is 444 g/mol. The Kier molecular flexibility index (Phi) is 7.52. The predicted octanol–water partition coefficient (Wildman–Crippen LogP) is 0.958. The predicted molar refractivity (Wildman–Crippen MR) is 129 cm³/mol. The van der Waals surface area contributed by atoms with E-state index in [-0.39, 0.29) is 11.8 Å². The zero-order valence-electron chi connectivity index (χ0n) is 18.2. The van der Waals surface area contributed by atoms with Crippen molar-refractivity contribution >= 4 is 46.9 Å². The average Bonchev–Trinajstić information content (AvgIpc) is 2.79. The largest absolute Gasteiger partial charge is 0.346 e. The van der Waals surface area contributed by atoms with E-state index in [1.54, 1.807) is 21.9 Å². The van der Waals surface area contributed by atoms with E-state index < -0.39 is 0 Å². The number of hydrogen-bond donors (Lipinski definition) is 4. The van der Waals surface area contributed by atoms with Crippen LogP contribution in [-0.2, 0) is 4.79 Å². The summed E-state index contributed by atoms with van der Waals surface area (Å²) in [7, 11) is 0. The molecule has 2 aliphatic rings. The molecular formula is C24H29ClN4O2S+2. The van der Waals surface area contributed by atoms with E-state index in [0.717, 1.165) is 30.1 Å². The number of piperazine rings is 1. The molecule has 0 aliphatic carbocycles. The third-order valence-electron chi connectivity index (χ3n) is 6.01. The molecule has 0 unspecified atom stereocenters. The summed E-state index contributed by atoms with van der Waals surface area (Å²) in [5.41, 5.74) is 2.09. The highest BCUT2D eigenvalue weighted by Gasteiger charge is 2.23. The molecule has 0 radical (unpaired) electrons. The van der Waals surface area contributed by atoms with Crippen molar-refractivity contribution in [3.63, 3.8) is 0 Å². The van der Waals surface area contributed by atoms with Crippen LogP contribution in [0.1, 0.15) is 22.8 Å². The van der Waals surface area contributed by atoms with Gasteiger partial charge in [-0.05, 0) is 48.9 Å². The molecule has 168 valence electrons. The summed E-state index contributed by atoms with van der Waals surface area (Å²) in [5.74, 6) is -0.290. The van der Waals surface area contributed by atoms with Gasteiger partial charge in [0.25, 0.3) is 11.8 Å². The number of thioether (sulfide) groups is 1. The second kappa shape index (κ2) is 10.5. The number of anilines is 1. The van der Waals surface area contributed by atoms with Crippen molar-refractivity contribution in [2.45, 2.75) is 11.8 Å². The molecule has 0 atom stereocenters. The lowest BCUT2D eigenvalue weighted by Gasteiger charge is -2.29. The topological polar surface area (TPSA) is 67.1 Å². The lowest BCUT2D eigenvalue weighted by molar-refractivity contribution is -1.01. The Labute approximate surface area is 198 Å². The standard InChI is InChI=1S/C24H27ClN4O2S/c1-2-28-10-12-29(13-11-28)9-8-26-23(30)18-6-7-21-20(16-18)27-24(31)22(32-21)15-17-4-3-5-19(25)14-17/h3-7,14-16H,2,8-13H2,1H3,(H,26,30)(H,27,31)/p+2. The molecule has 2 heterocycles. The van der Waals surface area contributed by atoms with Crippen molar-refractivity contribution in [3.8, 4) is 0 Å². The molecule has 2 aliphatic heterocycles. The average molecular weight is 473 g/mol. The van der Waals surface area contributed by atoms with Crippen LogP contribution in [0.5, 0.6) is 0 Å². The van der Waals surface area contributed by atoms with Crippen LogP contribution in [0, 0.1) is 0 Å². The zero-order valence-corrected chi connectivity index (χ0v) is 19.7. The van der Waals surface area contributed by atoms with E-state index in [1.807, 2.05) is 36.4 Å². The number of quaternary nitrogens is 2. The minimum absolute atomic E-state index is 0.107. The van der Waals surface area contributed by atoms with Crippen molar-refractivity contribution in [2.24, 2.45) is 0 Å². The molecule has 1 fully saturated rings. The van der Waals surface area contributed by atoms with E-state index in [9.17, 15) is 9.59 Å². The van der Waals surface area contributed by atoms with E-state index in [4.69, 9.17) is 11.6 Å². The van der Waals surface area contributed by atoms with E-state index in [1.165, 1.54) is 31.4 Å². The first kappa shape index (κ1) is 22.9. The molecule has 2 aromatic rings. The molecule has 4 N–H and O–H groups in total. The summed E-state index contributed by atoms with van der Waals surface area (Å²) < 4.78 is 0. The maximum atomic E-state index is 12.6. The number of carbonyl (C=O) groups excluding carboxylic acids is 2. The van der Waals surface area contributed by atoms with Crippen molar-refractivity contribution in [2.75, 3.05) is 51.1 Å². The van der Waals surface area contributed by atoms with Gasteiger partial charge in [-0.2, -0.15) is 0 Å². The highest BCUT2D eigenvalue weighted by Crippen LogP contribution is 2.39. The SMILES string of the molecule is CC[NH+]1CC[NH+](CCNC(=O)c2ccc3c(c2)NC(=O)C(=Cc2cccc(Cl)c2)S3)CC1. The fourth-order valence-corrected chi connectivity index (χ4v) is 5.20. The molecule has 0 saturated carbocycles. The van der Waals surface area contributed by atoms with Gasteiger partial charge in [-0.15, -0.1) is 0 Å². The molecule has 0 bridgehead atoms. The highest BCUT2D eigenvalue weighted by molar-refractivity contribution is 8.04. The molecule has 6 nitrogen and oxygen atoms in total. The maximum absolute atomic E-state index is 12.6. The first-order valence-corrected chi connectivity index (χ1v) is 12.3. The number of hydrogen-bond acceptors (Lipinski definition) is 3. The van der Waals surface area contributed by atoms with Crippen molar-refractivity contribution in [3.05, 3.63) is 63.5 Å². The Hall–Kier alpha value is -2.32. The fourth-order valence-electron chi connectivity index (χ4n) is 4.06. The summed E-state index contributed by atoms with van der Waals surface area (Å²) >= 11 is 7.44. The number of rotatable bonds is 6. The molecule has 32 heavy (non-hydrogen) atoms. The molecule has 4 rings (SSSR count). The molecule has 0 aromatic heterocycles. The smallest absolute Gasteiger partial charge is 0.262 e. The van der Waals surface area contributed by atoms with Gasteiger partial charge in [-0.3, -0.25) is 9.59 Å². The number of halogens is 1. The van der Waals surface area contributed by atoms with Crippen molar-refractivity contribution in [1.82, 2.24) is 5.32 Å². The van der Waals surface area contributed by atoms with Gasteiger partial charge < -0.3 is 20.4 Å². The van der Waals surface area contributed by atoms with Gasteiger partial charge in [0.05, 0.1) is 30.2 Å². The van der Waals surface area contributed by atoms with Gasteiger partial charge in [0, 0.05) is 15.5 Å². The second-order valence-corrected chi connectivity index (χ2v) is 9.71. The normalized spacial score (nSPS) is 21.7. The van der Waals surface area contributed by atoms with Gasteiger partial charge in [0.15, 0.2) is 0 Å². The van der Waals surface area contributed by atoms with Gasteiger partial charge >= 0.3 is 0 Å². The lowest BCUT2D eigenvalue weighted by Crippen LogP contribution is -3.28. The Morgan fingerprint density at radius 2 is 1.94 bits per heavy atom. The number of benzene rings is 2. The molecule has 8 heteroatoms. The van der Waals surface area contributed by atoms with Crippen LogP contribution in [0.25, 0.3) is 6.08 Å². The molecule has 1 saturated heterocycles. The monoisotopic (exact) mass is 472 g/mol. The first-order valence-electron chi connectivity index (χ1n) is 11.1. The Balaban J connectivity index is 1.34. The first-order chi connectivity index (χ1) is 15.5. The van der Waals surface area contributed by atoms with Crippen LogP contribution >= 0.6 is 23.4 Å². The summed E-state index contributed by atoms with van der Waals surface area (Å²) in [6, 6.07) is 12.8. The summed E-state index contributed by atoms with van der Waals surface area (Å²) in [5, 5.41) is 6.56. The van der Waals surface area contributed by atoms with Crippen LogP contribution in [0.4, 0.5) is 5.69 Å². The minimum atomic E-state index is -0.183. The molecule has 2 amide bonds. The number of fused-ring (bicyclic) bond motifs is 1. The molecule has 2 aromatic carbocycles. The van der Waals surface area contributed by atoms with Gasteiger partial charge in [-0.25, -0.2) is 0 Å². The van der Waals surface area contributed by atoms with E-state index in [2.05, 4.69) is 17.6 Å². The highest BCUT2D eigenvalue weighted by atomic mass is 35.5. The number of likely N-dealkylation sites (N-methyl/N-ethyl adjacent to an activating group) is 1. The maximum Gasteiger partial charge on any atom is 0.262 e. The van der Waals surface area contributed by atoms with Crippen LogP contribution < -0.4 is 20.4 Å². The Morgan fingerprint density at radius 3 is 2.69 bits per heavy atom. The van der Waals surface area contributed by atoms with E-state index >= 15 is 0 Å². The van der Waals surface area contributed by atoms with Crippen LogP contribution in [-0.4, -0.2) is 57.6 Å². The summed E-state index contributed by atoms with van der Waals surface area (Å²) in [4.78, 5) is 29.9. The Bertz CT molecular complexity index is 1030. The minimum Gasteiger partial charge on any atom is -0.346 e. The zero-order chi connectivity index (χ0) is 22.5. The van der Waals surface area contributed by atoms with Gasteiger partial charge in [-0.1, -0.05) is 35.5 Å². The van der Waals surface area contributed by atoms with Crippen molar-refractivity contribution in [1.29, 1.82) is 0 Å². The lowest BCUT2D eigenvalue weighted by atomic mass is 10.1. The quantitative estimate of drug-likeness (QED) is 0.473. The number of carbonyl (C=O) groups is 2. The van der Waals surface area contributed by atoms with Gasteiger partial charge in [0.1, 0.15) is 26.2 Å². The van der Waals surface area contributed by atoms with Crippen LogP contribution in [0.15, 0.2) is 52.3 Å². The summed E-state index contributed by atoms with van der Waals surface area (Å²) in [6.07, 6.45) is 1.82. The number of amides is 2. The van der Waals surface area contributed by atoms with Crippen LogP contribution in [0.2, 0.25) is 5.02 Å². The van der Waals surface area contributed by atoms with Gasteiger partial charge in [0.2, 0.25) is 0 Å². The number of nitrogens with one attached hydrogen (secondary N) is 4. The van der Waals surface area contributed by atoms with E-state index in [0.29, 0.717) is 27.7 Å². The third-order valence-corrected chi connectivity index (χ3v) is 7.34. The summed E-state index contributed by atoms with van der Waals surface area (Å²) in [6.45, 7) is 9.74. The van der Waals surface area contributed by atoms with Crippen molar-refractivity contribution < 1.29 is 19.4 Å². The second-order valence-electron chi connectivity index (χ2n) is 8.19. The van der Waals surface area contributed by atoms with Crippen LogP contribution in [0.3, 0.4) is 0 Å². The fraction of sp³-hybridized carbons (Fsp3) is 0.333. The Morgan fingerprint density at radius 1 is 1.16 bits per heavy atom. The molecule has 0 spiro atoms. The third kappa shape index (κ3) is 5.72.